The molecular formula is C27H41N5O5S. The number of aryl methyl sites for hydroxylation is 1. The van der Waals surface area contributed by atoms with Gasteiger partial charge in [0.15, 0.2) is 0 Å². The minimum absolute atomic E-state index is 0.0900. The Bertz CT molecular complexity index is 1220. The monoisotopic (exact) mass is 547 g/mol. The van der Waals surface area contributed by atoms with E-state index in [9.17, 15) is 13.2 Å². The summed E-state index contributed by atoms with van der Waals surface area (Å²) < 4.78 is 43.0. The molecule has 38 heavy (non-hydrogen) atoms. The van der Waals surface area contributed by atoms with E-state index in [0.717, 1.165) is 37.6 Å². The quantitative estimate of drug-likeness (QED) is 0.544. The van der Waals surface area contributed by atoms with E-state index in [1.807, 2.05) is 22.8 Å². The van der Waals surface area contributed by atoms with Gasteiger partial charge in [0.25, 0.3) is 10.2 Å². The number of fused-ring (bicyclic) bond motifs is 1. The van der Waals surface area contributed by atoms with Crippen molar-refractivity contribution in [1.29, 1.82) is 0 Å². The summed E-state index contributed by atoms with van der Waals surface area (Å²) in [6.07, 6.45) is 7.46. The number of hydrogen-bond acceptors (Lipinski definition) is 6. The summed E-state index contributed by atoms with van der Waals surface area (Å²) in [5, 5.41) is 5.54. The minimum Gasteiger partial charge on any atom is -0.381 e. The third kappa shape index (κ3) is 6.07. The normalized spacial score (nSPS) is 28.8. The van der Waals surface area contributed by atoms with Crippen molar-refractivity contribution in [3.05, 3.63) is 30.0 Å². The van der Waals surface area contributed by atoms with Crippen LogP contribution in [-0.2, 0) is 31.5 Å². The van der Waals surface area contributed by atoms with Crippen molar-refractivity contribution >= 4 is 27.0 Å². The first-order valence-electron chi connectivity index (χ1n) is 13.8. The topological polar surface area (TPSA) is 106 Å². The van der Waals surface area contributed by atoms with Gasteiger partial charge >= 0.3 is 0 Å². The number of carbonyl (C=O) groups is 1. The van der Waals surface area contributed by atoms with E-state index in [0.29, 0.717) is 45.2 Å². The maximum atomic E-state index is 13.1. The van der Waals surface area contributed by atoms with Crippen molar-refractivity contribution in [1.82, 2.24) is 23.7 Å². The highest BCUT2D eigenvalue weighted by atomic mass is 32.2. The van der Waals surface area contributed by atoms with E-state index in [4.69, 9.17) is 9.47 Å². The van der Waals surface area contributed by atoms with Crippen molar-refractivity contribution in [2.24, 2.45) is 18.9 Å². The molecule has 2 aliphatic heterocycles. The number of benzene rings is 1. The lowest BCUT2D eigenvalue weighted by atomic mass is 9.82. The molecule has 1 aromatic carbocycles. The fourth-order valence-corrected chi connectivity index (χ4v) is 7.00. The van der Waals surface area contributed by atoms with Crippen molar-refractivity contribution in [2.75, 3.05) is 47.0 Å². The van der Waals surface area contributed by atoms with Crippen LogP contribution < -0.4 is 4.72 Å². The van der Waals surface area contributed by atoms with E-state index in [1.165, 1.54) is 29.4 Å². The fraction of sp³-hybridized carbons (Fsp3) is 0.704. The van der Waals surface area contributed by atoms with Gasteiger partial charge in [0.05, 0.1) is 36.9 Å². The molecule has 210 valence electrons. The maximum absolute atomic E-state index is 13.1. The van der Waals surface area contributed by atoms with Gasteiger partial charge in [-0.15, -0.1) is 0 Å². The Hall–Kier alpha value is -2.05. The number of carbonyl (C=O) groups excluding carboxylic acids is 1. The average molecular weight is 548 g/mol. The number of likely N-dealkylation sites (tertiary alicyclic amines) is 1. The van der Waals surface area contributed by atoms with Gasteiger partial charge in [0.1, 0.15) is 0 Å². The molecule has 2 aromatic rings. The summed E-state index contributed by atoms with van der Waals surface area (Å²) in [5.74, 6) is 0.436. The summed E-state index contributed by atoms with van der Waals surface area (Å²) in [6, 6.07) is 6.37. The number of nitrogens with one attached hydrogen (secondary N) is 1. The molecule has 1 saturated carbocycles. The van der Waals surface area contributed by atoms with Crippen molar-refractivity contribution in [3.63, 3.8) is 0 Å². The van der Waals surface area contributed by atoms with Crippen LogP contribution in [0.5, 0.6) is 0 Å². The van der Waals surface area contributed by atoms with Gasteiger partial charge in [-0.3, -0.25) is 9.48 Å². The smallest absolute Gasteiger partial charge is 0.279 e. The van der Waals surface area contributed by atoms with Crippen LogP contribution >= 0.6 is 0 Å². The Labute approximate surface area is 225 Å². The zero-order valence-corrected chi connectivity index (χ0v) is 23.5. The van der Waals surface area contributed by atoms with Gasteiger partial charge in [0, 0.05) is 58.2 Å². The number of nitrogens with zero attached hydrogens (tertiary/aromatic N) is 4. The summed E-state index contributed by atoms with van der Waals surface area (Å²) in [5.41, 5.74) is 2.50. The largest absolute Gasteiger partial charge is 0.381 e. The molecule has 1 N–H and O–H groups in total. The zero-order valence-electron chi connectivity index (χ0n) is 22.7. The highest BCUT2D eigenvalue weighted by molar-refractivity contribution is 7.87. The van der Waals surface area contributed by atoms with Crippen molar-refractivity contribution < 1.29 is 22.7 Å². The van der Waals surface area contributed by atoms with E-state index < -0.39 is 10.2 Å². The molecule has 0 spiro atoms. The van der Waals surface area contributed by atoms with Crippen LogP contribution in [0.4, 0.5) is 0 Å². The summed E-state index contributed by atoms with van der Waals surface area (Å²) in [4.78, 5) is 14.9. The van der Waals surface area contributed by atoms with Gasteiger partial charge in [-0.1, -0.05) is 6.07 Å². The van der Waals surface area contributed by atoms with Gasteiger partial charge in [-0.05, 0) is 62.1 Å². The molecule has 2 saturated heterocycles. The first kappa shape index (κ1) is 27.5. The minimum atomic E-state index is -3.58. The molecule has 3 aliphatic rings. The highest BCUT2D eigenvalue weighted by Gasteiger charge is 2.38. The van der Waals surface area contributed by atoms with E-state index in [-0.39, 0.29) is 29.9 Å². The molecule has 3 fully saturated rings. The number of rotatable bonds is 8. The summed E-state index contributed by atoms with van der Waals surface area (Å²) in [6.45, 7) is 2.57. The molecule has 1 amide bonds. The molecule has 0 unspecified atom stereocenters. The third-order valence-electron chi connectivity index (χ3n) is 8.57. The Morgan fingerprint density at radius 3 is 2.68 bits per heavy atom. The second kappa shape index (κ2) is 11.6. The van der Waals surface area contributed by atoms with Gasteiger partial charge in [0.2, 0.25) is 5.91 Å². The van der Waals surface area contributed by atoms with Crippen LogP contribution in [0.3, 0.4) is 0 Å². The average Bonchev–Trinajstić information content (AvgIpc) is 3.58. The predicted molar refractivity (Wildman–Crippen MR) is 145 cm³/mol. The Morgan fingerprint density at radius 1 is 1.18 bits per heavy atom. The molecule has 1 aliphatic carbocycles. The summed E-state index contributed by atoms with van der Waals surface area (Å²) >= 11 is 0. The molecule has 1 aromatic heterocycles. The second-order valence-electron chi connectivity index (χ2n) is 11.3. The van der Waals surface area contributed by atoms with Crippen LogP contribution in [0.1, 0.15) is 50.0 Å². The standard InChI is InChI=1S/C27H41N5O5S/c1-30(2)38(34,35)29-25-10-12-32(27(33)21-11-13-36-17-21)16-23(25)18-37-24-7-4-19(5-8-24)20-6-9-26-22(14-20)15-28-31(26)3/h6,9,14-15,19,21,23-25,29H,4-5,7-8,10-13,16-18H2,1-3H3/t19?,21-,23+,24?,25+/m1/s1. The third-order valence-corrected chi connectivity index (χ3v) is 10.1. The van der Waals surface area contributed by atoms with E-state index in [1.54, 1.807) is 0 Å². The first-order valence-corrected chi connectivity index (χ1v) is 15.2. The molecule has 10 nitrogen and oxygen atoms in total. The molecule has 11 heteroatoms. The number of piperidine rings is 1. The molecule has 3 heterocycles. The van der Waals surface area contributed by atoms with Gasteiger partial charge < -0.3 is 14.4 Å². The van der Waals surface area contributed by atoms with Crippen LogP contribution in [-0.4, -0.2) is 92.5 Å². The van der Waals surface area contributed by atoms with Gasteiger partial charge in [-0.25, -0.2) is 0 Å². The number of ether oxygens (including phenoxy) is 2. The number of amides is 1. The van der Waals surface area contributed by atoms with Crippen LogP contribution in [0.25, 0.3) is 10.9 Å². The lowest BCUT2D eigenvalue weighted by molar-refractivity contribution is -0.138. The molecule has 0 bridgehead atoms. The van der Waals surface area contributed by atoms with Crippen molar-refractivity contribution in [2.45, 2.75) is 56.6 Å². The van der Waals surface area contributed by atoms with Gasteiger partial charge in [-0.2, -0.15) is 22.5 Å². The van der Waals surface area contributed by atoms with E-state index in [2.05, 4.69) is 28.0 Å². The number of hydrogen-bond donors (Lipinski definition) is 1. The SMILES string of the molecule is CN(C)S(=O)(=O)N[C@H]1CCN(C(=O)[C@@H]2CCOC2)C[C@H]1COC1CCC(c2ccc3c(cnn3C)c2)CC1. The lowest BCUT2D eigenvalue weighted by Crippen LogP contribution is -2.56. The lowest BCUT2D eigenvalue weighted by Gasteiger charge is -2.40. The highest BCUT2D eigenvalue weighted by Crippen LogP contribution is 2.35. The molecular weight excluding hydrogens is 506 g/mol. The maximum Gasteiger partial charge on any atom is 0.279 e. The summed E-state index contributed by atoms with van der Waals surface area (Å²) in [7, 11) is 1.43. The van der Waals surface area contributed by atoms with E-state index >= 15 is 0 Å². The first-order chi connectivity index (χ1) is 18.2. The van der Waals surface area contributed by atoms with Crippen molar-refractivity contribution in [3.8, 4) is 0 Å². The predicted octanol–water partition coefficient (Wildman–Crippen LogP) is 2.27. The Kier molecular flexibility index (Phi) is 8.39. The van der Waals surface area contributed by atoms with Crippen LogP contribution in [0.2, 0.25) is 0 Å². The molecule has 0 radical (unpaired) electrons. The number of aromatic nitrogens is 2. The molecule has 5 rings (SSSR count). The van der Waals surface area contributed by atoms with Crippen LogP contribution in [0.15, 0.2) is 24.4 Å². The Balaban J connectivity index is 1.19. The zero-order chi connectivity index (χ0) is 26.9. The Morgan fingerprint density at radius 2 is 1.97 bits per heavy atom. The second-order valence-corrected chi connectivity index (χ2v) is 13.2. The van der Waals surface area contributed by atoms with Crippen LogP contribution in [0, 0.1) is 11.8 Å². The molecule has 3 atom stereocenters. The fourth-order valence-electron chi connectivity index (χ4n) is 6.10.